The number of pyridine rings is 1. The van der Waals surface area contributed by atoms with Crippen molar-refractivity contribution < 1.29 is 0 Å². The second-order valence-corrected chi connectivity index (χ2v) is 3.26. The lowest BCUT2D eigenvalue weighted by atomic mass is 10.3. The Morgan fingerprint density at radius 3 is 2.71 bits per heavy atom. The van der Waals surface area contributed by atoms with Gasteiger partial charge in [-0.05, 0) is 32.0 Å². The molecule has 0 aliphatic rings. The predicted octanol–water partition coefficient (Wildman–Crippen LogP) is 2.41. The van der Waals surface area contributed by atoms with Gasteiger partial charge in [0.15, 0.2) is 0 Å². The van der Waals surface area contributed by atoms with Gasteiger partial charge in [-0.2, -0.15) is 0 Å². The summed E-state index contributed by atoms with van der Waals surface area (Å²) in [5.41, 5.74) is 0.967. The molecule has 0 atom stereocenters. The molecule has 0 aromatic carbocycles. The highest BCUT2D eigenvalue weighted by atomic mass is 15.2. The Morgan fingerprint density at radius 1 is 1.21 bits per heavy atom. The average Bonchev–Trinajstić information content (AvgIpc) is 2.66. The lowest BCUT2D eigenvalue weighted by Gasteiger charge is -2.19. The largest absolute Gasteiger partial charge is 0.357 e. The summed E-state index contributed by atoms with van der Waals surface area (Å²) in [6.45, 7) is 6.28. The zero-order valence-electron chi connectivity index (χ0n) is 8.62. The van der Waals surface area contributed by atoms with Crippen LogP contribution < -0.4 is 4.90 Å². The lowest BCUT2D eigenvalue weighted by Crippen LogP contribution is -2.22. The molecule has 1 N–H and O–H groups in total. The molecule has 0 radical (unpaired) electrons. The highest BCUT2D eigenvalue weighted by Gasteiger charge is 2.04. The van der Waals surface area contributed by atoms with E-state index in [9.17, 15) is 0 Å². The van der Waals surface area contributed by atoms with Crippen LogP contribution in [0, 0.1) is 0 Å². The third kappa shape index (κ3) is 1.45. The zero-order chi connectivity index (χ0) is 9.97. The fraction of sp³-hybridized carbons (Fsp3) is 0.364. The minimum Gasteiger partial charge on any atom is -0.357 e. The highest BCUT2D eigenvalue weighted by Crippen LogP contribution is 2.16. The molecule has 2 aromatic rings. The van der Waals surface area contributed by atoms with Gasteiger partial charge in [0.2, 0.25) is 0 Å². The maximum atomic E-state index is 4.55. The molecule has 3 heteroatoms. The van der Waals surface area contributed by atoms with E-state index in [0.29, 0.717) is 0 Å². The molecule has 0 spiro atoms. The van der Waals surface area contributed by atoms with Crippen LogP contribution in [0.15, 0.2) is 24.4 Å². The predicted molar refractivity (Wildman–Crippen MR) is 59.7 cm³/mol. The molecular formula is C11H15N3. The molecule has 0 aliphatic heterocycles. The fourth-order valence-corrected chi connectivity index (χ4v) is 1.64. The summed E-state index contributed by atoms with van der Waals surface area (Å²) in [6, 6.07) is 6.21. The monoisotopic (exact) mass is 189 g/mol. The molecule has 0 amide bonds. The summed E-state index contributed by atoms with van der Waals surface area (Å²) in [5, 5.41) is 1.17. The maximum absolute atomic E-state index is 4.55. The number of H-pyrrole nitrogens is 1. The smallest absolute Gasteiger partial charge is 0.139 e. The maximum Gasteiger partial charge on any atom is 0.139 e. The molecule has 0 unspecified atom stereocenters. The van der Waals surface area contributed by atoms with Gasteiger partial charge in [0.05, 0.1) is 0 Å². The van der Waals surface area contributed by atoms with Crippen molar-refractivity contribution in [2.24, 2.45) is 0 Å². The van der Waals surface area contributed by atoms with Gasteiger partial charge in [0, 0.05) is 24.7 Å². The van der Waals surface area contributed by atoms with Crippen molar-refractivity contribution in [3.63, 3.8) is 0 Å². The first-order valence-corrected chi connectivity index (χ1v) is 5.04. The number of hydrogen-bond acceptors (Lipinski definition) is 2. The van der Waals surface area contributed by atoms with E-state index in [1.54, 1.807) is 0 Å². The van der Waals surface area contributed by atoms with Crippen molar-refractivity contribution >= 4 is 16.9 Å². The quantitative estimate of drug-likeness (QED) is 0.804. The molecule has 2 heterocycles. The topological polar surface area (TPSA) is 31.9 Å². The Hall–Kier alpha value is -1.51. The molecule has 0 saturated heterocycles. The van der Waals surface area contributed by atoms with Gasteiger partial charge in [0.25, 0.3) is 0 Å². The number of nitrogens with zero attached hydrogens (tertiary/aromatic N) is 2. The normalized spacial score (nSPS) is 10.7. The summed E-state index contributed by atoms with van der Waals surface area (Å²) >= 11 is 0. The second kappa shape index (κ2) is 3.70. The van der Waals surface area contributed by atoms with Gasteiger partial charge in [-0.3, -0.25) is 0 Å². The number of hydrogen-bond donors (Lipinski definition) is 1. The first kappa shape index (κ1) is 9.06. The molecule has 0 aliphatic carbocycles. The number of anilines is 1. The van der Waals surface area contributed by atoms with E-state index in [2.05, 4.69) is 40.8 Å². The zero-order valence-corrected chi connectivity index (χ0v) is 8.62. The lowest BCUT2D eigenvalue weighted by molar-refractivity contribution is 0.849. The molecule has 14 heavy (non-hydrogen) atoms. The Kier molecular flexibility index (Phi) is 2.39. The van der Waals surface area contributed by atoms with E-state index >= 15 is 0 Å². The van der Waals surface area contributed by atoms with Crippen molar-refractivity contribution in [3.05, 3.63) is 24.4 Å². The first-order chi connectivity index (χ1) is 6.85. The van der Waals surface area contributed by atoms with E-state index in [0.717, 1.165) is 24.6 Å². The van der Waals surface area contributed by atoms with Crippen LogP contribution in [0.25, 0.3) is 11.0 Å². The molecule has 0 bridgehead atoms. The van der Waals surface area contributed by atoms with Crippen molar-refractivity contribution in [2.75, 3.05) is 18.0 Å². The summed E-state index contributed by atoms with van der Waals surface area (Å²) < 4.78 is 0. The first-order valence-electron chi connectivity index (χ1n) is 5.04. The van der Waals surface area contributed by atoms with Crippen LogP contribution >= 0.6 is 0 Å². The molecular weight excluding hydrogens is 174 g/mol. The van der Waals surface area contributed by atoms with E-state index in [-0.39, 0.29) is 0 Å². The number of nitrogens with one attached hydrogen (secondary N) is 1. The third-order valence-corrected chi connectivity index (χ3v) is 2.48. The fourth-order valence-electron chi connectivity index (χ4n) is 1.64. The van der Waals surface area contributed by atoms with Gasteiger partial charge in [-0.15, -0.1) is 0 Å². The van der Waals surface area contributed by atoms with Gasteiger partial charge in [-0.25, -0.2) is 4.98 Å². The van der Waals surface area contributed by atoms with Crippen LogP contribution in [-0.4, -0.2) is 23.1 Å². The SMILES string of the molecule is CCN(CC)c1ccc2cc[nH]c2n1. The molecule has 74 valence electrons. The van der Waals surface area contributed by atoms with Gasteiger partial charge >= 0.3 is 0 Å². The third-order valence-electron chi connectivity index (χ3n) is 2.48. The van der Waals surface area contributed by atoms with Crippen molar-refractivity contribution in [3.8, 4) is 0 Å². The van der Waals surface area contributed by atoms with E-state index in [4.69, 9.17) is 0 Å². The average molecular weight is 189 g/mol. The van der Waals surface area contributed by atoms with Crippen LogP contribution in [0.3, 0.4) is 0 Å². The van der Waals surface area contributed by atoms with Crippen LogP contribution in [0.1, 0.15) is 13.8 Å². The van der Waals surface area contributed by atoms with Crippen molar-refractivity contribution in [1.29, 1.82) is 0 Å². The molecule has 0 saturated carbocycles. The Morgan fingerprint density at radius 2 is 2.00 bits per heavy atom. The summed E-state index contributed by atoms with van der Waals surface area (Å²) in [6.07, 6.45) is 1.92. The Balaban J connectivity index is 2.42. The molecule has 2 rings (SSSR count). The molecule has 0 fully saturated rings. The van der Waals surface area contributed by atoms with Crippen molar-refractivity contribution in [2.45, 2.75) is 13.8 Å². The van der Waals surface area contributed by atoms with E-state index < -0.39 is 0 Å². The minimum atomic E-state index is 0.967. The molecule has 2 aromatic heterocycles. The number of aromatic amines is 1. The van der Waals surface area contributed by atoms with E-state index in [1.807, 2.05) is 12.3 Å². The van der Waals surface area contributed by atoms with Crippen molar-refractivity contribution in [1.82, 2.24) is 9.97 Å². The highest BCUT2D eigenvalue weighted by molar-refractivity contribution is 5.77. The number of aromatic nitrogens is 2. The Labute approximate surface area is 83.8 Å². The summed E-state index contributed by atoms with van der Waals surface area (Å²) in [4.78, 5) is 9.91. The van der Waals surface area contributed by atoms with Gasteiger partial charge in [0.1, 0.15) is 11.5 Å². The van der Waals surface area contributed by atoms with Crippen LogP contribution in [0.4, 0.5) is 5.82 Å². The Bertz CT molecular complexity index is 415. The minimum absolute atomic E-state index is 0.967. The molecule has 3 nitrogen and oxygen atoms in total. The van der Waals surface area contributed by atoms with Crippen LogP contribution in [0.2, 0.25) is 0 Å². The van der Waals surface area contributed by atoms with E-state index in [1.165, 1.54) is 5.39 Å². The second-order valence-electron chi connectivity index (χ2n) is 3.26. The van der Waals surface area contributed by atoms with Crippen LogP contribution in [-0.2, 0) is 0 Å². The van der Waals surface area contributed by atoms with Gasteiger partial charge < -0.3 is 9.88 Å². The van der Waals surface area contributed by atoms with Gasteiger partial charge in [-0.1, -0.05) is 0 Å². The van der Waals surface area contributed by atoms with Crippen LogP contribution in [0.5, 0.6) is 0 Å². The summed E-state index contributed by atoms with van der Waals surface area (Å²) in [7, 11) is 0. The number of fused-ring (bicyclic) bond motifs is 1. The number of rotatable bonds is 3. The standard InChI is InChI=1S/C11H15N3/c1-3-14(4-2)10-6-5-9-7-8-12-11(9)13-10/h5-8H,3-4H2,1-2H3,(H,12,13). The summed E-state index contributed by atoms with van der Waals surface area (Å²) in [5.74, 6) is 1.05.